The summed E-state index contributed by atoms with van der Waals surface area (Å²) < 4.78 is 32.0. The Labute approximate surface area is 206 Å². The molecule has 0 saturated carbocycles. The van der Waals surface area contributed by atoms with Crippen LogP contribution in [0.4, 0.5) is 0 Å². The zero-order valence-corrected chi connectivity index (χ0v) is 19.7. The predicted octanol–water partition coefficient (Wildman–Crippen LogP) is -5.00. The summed E-state index contributed by atoms with van der Waals surface area (Å²) >= 11 is 0. The van der Waals surface area contributed by atoms with Crippen molar-refractivity contribution >= 4 is 0 Å². The minimum atomic E-state index is -1.75. The molecule has 0 aromatic carbocycles. The van der Waals surface area contributed by atoms with Gasteiger partial charge < -0.3 is 69.3 Å². The SMILES string of the molecule is CC[C@H]1O[C@H](OCC2O[C@H](OC[C@H]3O[C@H](OO)[C@H](OC)[C@@H](O)[C@@H]3O)[C@H](O)[C@@H](O)[C@@H]2O)[C@H](O)[C@@H](O)[C@@H]1O. The first-order chi connectivity index (χ1) is 17.0. The van der Waals surface area contributed by atoms with Gasteiger partial charge in [0.05, 0.1) is 19.3 Å². The number of ether oxygens (including phenoxy) is 6. The van der Waals surface area contributed by atoms with Gasteiger partial charge in [0.2, 0.25) is 6.29 Å². The molecule has 16 heteroatoms. The number of hydrogen-bond acceptors (Lipinski definition) is 16. The van der Waals surface area contributed by atoms with Crippen molar-refractivity contribution in [2.75, 3.05) is 20.3 Å². The number of rotatable bonds is 9. The van der Waals surface area contributed by atoms with Crippen molar-refractivity contribution in [1.82, 2.24) is 0 Å². The van der Waals surface area contributed by atoms with Crippen LogP contribution < -0.4 is 0 Å². The van der Waals surface area contributed by atoms with E-state index in [0.29, 0.717) is 6.42 Å². The highest BCUT2D eigenvalue weighted by molar-refractivity contribution is 4.93. The predicted molar refractivity (Wildman–Crippen MR) is 111 cm³/mol. The molecule has 0 aliphatic carbocycles. The van der Waals surface area contributed by atoms with Gasteiger partial charge in [-0.15, -0.1) is 0 Å². The Morgan fingerprint density at radius 3 is 1.42 bits per heavy atom. The Morgan fingerprint density at radius 1 is 0.556 bits per heavy atom. The molecule has 3 saturated heterocycles. The topological polar surface area (TPSA) is 247 Å². The van der Waals surface area contributed by atoms with Crippen LogP contribution in [0.15, 0.2) is 0 Å². The van der Waals surface area contributed by atoms with Crippen molar-refractivity contribution in [1.29, 1.82) is 0 Å². The average Bonchev–Trinajstić information content (AvgIpc) is 2.87. The quantitative estimate of drug-likeness (QED) is 0.0996. The van der Waals surface area contributed by atoms with Gasteiger partial charge in [-0.25, -0.2) is 10.1 Å². The van der Waals surface area contributed by atoms with Gasteiger partial charge in [-0.1, -0.05) is 6.92 Å². The van der Waals surface area contributed by atoms with Gasteiger partial charge in [-0.3, -0.25) is 0 Å². The van der Waals surface area contributed by atoms with E-state index in [-0.39, 0.29) is 0 Å². The summed E-state index contributed by atoms with van der Waals surface area (Å²) in [6.45, 7) is 0.696. The smallest absolute Gasteiger partial charge is 0.220 e. The highest BCUT2D eigenvalue weighted by atomic mass is 17.1. The summed E-state index contributed by atoms with van der Waals surface area (Å²) in [5.41, 5.74) is 0. The van der Waals surface area contributed by atoms with Crippen LogP contribution >= 0.6 is 0 Å². The van der Waals surface area contributed by atoms with E-state index in [1.54, 1.807) is 6.92 Å². The molecule has 0 radical (unpaired) electrons. The van der Waals surface area contributed by atoms with Crippen LogP contribution in [0.2, 0.25) is 0 Å². The van der Waals surface area contributed by atoms with Crippen LogP contribution in [0.25, 0.3) is 0 Å². The minimum Gasteiger partial charge on any atom is -0.388 e. The van der Waals surface area contributed by atoms with Crippen molar-refractivity contribution in [2.24, 2.45) is 0 Å². The molecule has 0 spiro atoms. The number of hydrogen-bond donors (Lipinski definition) is 9. The van der Waals surface area contributed by atoms with E-state index in [1.807, 2.05) is 0 Å². The molecular weight excluding hydrogens is 496 g/mol. The van der Waals surface area contributed by atoms with Crippen molar-refractivity contribution in [3.8, 4) is 0 Å². The number of aliphatic hydroxyl groups is 8. The van der Waals surface area contributed by atoms with Crippen molar-refractivity contribution < 1.29 is 79.4 Å². The second kappa shape index (κ2) is 12.9. The fourth-order valence-electron chi connectivity index (χ4n) is 4.34. The maximum Gasteiger partial charge on any atom is 0.220 e. The van der Waals surface area contributed by atoms with Gasteiger partial charge in [-0.05, 0) is 6.42 Å². The van der Waals surface area contributed by atoms with Gasteiger partial charge in [0, 0.05) is 7.11 Å². The third-order valence-electron chi connectivity index (χ3n) is 6.61. The van der Waals surface area contributed by atoms with Crippen LogP contribution in [0.5, 0.6) is 0 Å². The second-order valence-electron chi connectivity index (χ2n) is 8.93. The lowest BCUT2D eigenvalue weighted by atomic mass is 9.97. The Morgan fingerprint density at radius 2 is 0.972 bits per heavy atom. The van der Waals surface area contributed by atoms with Gasteiger partial charge in [-0.2, -0.15) is 0 Å². The van der Waals surface area contributed by atoms with Gasteiger partial charge >= 0.3 is 0 Å². The largest absolute Gasteiger partial charge is 0.388 e. The molecule has 9 N–H and O–H groups in total. The molecule has 0 amide bonds. The summed E-state index contributed by atoms with van der Waals surface area (Å²) in [4.78, 5) is 4.12. The van der Waals surface area contributed by atoms with Crippen LogP contribution in [0, 0.1) is 0 Å². The average molecular weight is 532 g/mol. The summed E-state index contributed by atoms with van der Waals surface area (Å²) in [6.07, 6.45) is -21.4. The Kier molecular flexibility index (Phi) is 10.8. The molecule has 3 fully saturated rings. The standard InChI is InChI=1S/C20H36O16/c1-3-6-9(21)12(24)15(27)18(33-6)31-4-7-10(22)13(25)16(28)19(34-7)32-5-8-11(23)14(26)17(30-2)20(35-8)36-29/h6-29H,3-5H2,1-2H3/t6-,7?,8-,9-,10-,11-,12+,13+,14+,15-,16-,17-,18+,19+,20-/m1/s1. The van der Waals surface area contributed by atoms with E-state index in [4.69, 9.17) is 33.7 Å². The fourth-order valence-corrected chi connectivity index (χ4v) is 4.34. The molecule has 16 nitrogen and oxygen atoms in total. The molecule has 0 aromatic heterocycles. The van der Waals surface area contributed by atoms with Crippen molar-refractivity contribution in [2.45, 2.75) is 105 Å². The maximum absolute atomic E-state index is 10.3. The Balaban J connectivity index is 1.59. The van der Waals surface area contributed by atoms with Gasteiger partial charge in [0.25, 0.3) is 0 Å². The minimum absolute atomic E-state index is 0.311. The molecule has 1 unspecified atom stereocenters. The van der Waals surface area contributed by atoms with E-state index in [2.05, 4.69) is 4.89 Å². The molecular formula is C20H36O16. The van der Waals surface area contributed by atoms with E-state index in [0.717, 1.165) is 0 Å². The molecule has 0 aromatic rings. The third kappa shape index (κ3) is 6.15. The van der Waals surface area contributed by atoms with Crippen LogP contribution in [0.3, 0.4) is 0 Å². The lowest BCUT2D eigenvalue weighted by molar-refractivity contribution is -0.410. The van der Waals surface area contributed by atoms with E-state index >= 15 is 0 Å². The zero-order chi connectivity index (χ0) is 26.7. The zero-order valence-electron chi connectivity index (χ0n) is 19.7. The number of methoxy groups -OCH3 is 1. The van der Waals surface area contributed by atoms with Crippen molar-refractivity contribution in [3.05, 3.63) is 0 Å². The summed E-state index contributed by atoms with van der Waals surface area (Å²) in [6, 6.07) is 0. The Hall–Kier alpha value is -0.640. The molecule has 0 bridgehead atoms. The fraction of sp³-hybridized carbons (Fsp3) is 1.00. The summed E-state index contributed by atoms with van der Waals surface area (Å²) in [7, 11) is 1.20. The Bertz CT molecular complexity index is 668. The monoisotopic (exact) mass is 532 g/mol. The molecule has 3 heterocycles. The van der Waals surface area contributed by atoms with E-state index in [1.165, 1.54) is 7.11 Å². The first-order valence-electron chi connectivity index (χ1n) is 11.5. The van der Waals surface area contributed by atoms with Gasteiger partial charge in [0.15, 0.2) is 12.6 Å². The van der Waals surface area contributed by atoms with Crippen molar-refractivity contribution in [3.63, 3.8) is 0 Å². The van der Waals surface area contributed by atoms with Crippen LogP contribution in [0.1, 0.15) is 13.3 Å². The van der Waals surface area contributed by atoms with E-state index in [9.17, 15) is 40.9 Å². The molecule has 36 heavy (non-hydrogen) atoms. The highest BCUT2D eigenvalue weighted by Gasteiger charge is 2.49. The number of aliphatic hydroxyl groups excluding tert-OH is 8. The lowest BCUT2D eigenvalue weighted by Gasteiger charge is -2.44. The third-order valence-corrected chi connectivity index (χ3v) is 6.61. The van der Waals surface area contributed by atoms with Crippen LogP contribution in [-0.2, 0) is 33.3 Å². The summed E-state index contributed by atoms with van der Waals surface area (Å²) in [5, 5.41) is 90.4. The molecule has 15 atom stereocenters. The molecule has 3 aliphatic rings. The maximum atomic E-state index is 10.3. The van der Waals surface area contributed by atoms with E-state index < -0.39 is 105 Å². The first kappa shape index (κ1) is 29.9. The highest BCUT2D eigenvalue weighted by Crippen LogP contribution is 2.28. The first-order valence-corrected chi connectivity index (χ1v) is 11.5. The van der Waals surface area contributed by atoms with Gasteiger partial charge in [0.1, 0.15) is 67.1 Å². The second-order valence-corrected chi connectivity index (χ2v) is 8.93. The molecule has 212 valence electrons. The summed E-state index contributed by atoms with van der Waals surface area (Å²) in [5.74, 6) is 0. The van der Waals surface area contributed by atoms with Crippen LogP contribution in [-0.4, -0.2) is 159 Å². The normalized spacial score (nSPS) is 50.2. The molecule has 3 rings (SSSR count). The lowest BCUT2D eigenvalue weighted by Crippen LogP contribution is -2.62. The molecule has 3 aliphatic heterocycles.